The topological polar surface area (TPSA) is 67.6 Å². The van der Waals surface area contributed by atoms with E-state index in [0.29, 0.717) is 19.8 Å². The highest BCUT2D eigenvalue weighted by molar-refractivity contribution is 7.19. The van der Waals surface area contributed by atoms with E-state index < -0.39 is 0 Å². The van der Waals surface area contributed by atoms with Crippen LogP contribution in [0.1, 0.15) is 22.6 Å². The first-order chi connectivity index (χ1) is 13.7. The fourth-order valence-electron chi connectivity index (χ4n) is 3.30. The summed E-state index contributed by atoms with van der Waals surface area (Å²) in [4.78, 5) is 19.2. The summed E-state index contributed by atoms with van der Waals surface area (Å²) in [6, 6.07) is 11.9. The third kappa shape index (κ3) is 4.49. The number of hydrogen-bond acceptors (Lipinski definition) is 6. The van der Waals surface area contributed by atoms with Crippen molar-refractivity contribution in [2.45, 2.75) is 13.0 Å². The number of para-hydroxylation sites is 1. The molecule has 0 radical (unpaired) electrons. The van der Waals surface area contributed by atoms with E-state index in [2.05, 4.69) is 15.2 Å². The molecule has 1 amide bonds. The number of benzene rings is 1. The van der Waals surface area contributed by atoms with Gasteiger partial charge < -0.3 is 14.5 Å². The van der Waals surface area contributed by atoms with E-state index in [-0.39, 0.29) is 11.9 Å². The number of nitrogens with one attached hydrogen (secondary N) is 1. The number of fused-ring (bicyclic) bond motifs is 1. The average Bonchev–Trinajstić information content (AvgIpc) is 3.33. The van der Waals surface area contributed by atoms with E-state index in [9.17, 15) is 4.79 Å². The lowest BCUT2D eigenvalue weighted by molar-refractivity contribution is -0.116. The van der Waals surface area contributed by atoms with Gasteiger partial charge in [-0.2, -0.15) is 0 Å². The second kappa shape index (κ2) is 8.68. The lowest BCUT2D eigenvalue weighted by atomic mass is 10.1. The van der Waals surface area contributed by atoms with Gasteiger partial charge in [0.15, 0.2) is 0 Å². The fourth-order valence-corrected chi connectivity index (χ4v) is 4.17. The van der Waals surface area contributed by atoms with E-state index in [1.807, 2.05) is 43.3 Å². The molecule has 0 aliphatic carbocycles. The molecule has 1 fully saturated rings. The van der Waals surface area contributed by atoms with Crippen LogP contribution in [0.25, 0.3) is 16.3 Å². The smallest absolute Gasteiger partial charge is 0.244 e. The number of carbonyl (C=O) groups excluding carboxylic acids is 1. The van der Waals surface area contributed by atoms with Gasteiger partial charge in [0.05, 0.1) is 29.5 Å². The van der Waals surface area contributed by atoms with Crippen molar-refractivity contribution in [3.8, 4) is 0 Å². The molecule has 1 aliphatic rings. The van der Waals surface area contributed by atoms with E-state index in [1.165, 1.54) is 0 Å². The molecule has 1 N–H and O–H groups in total. The molecule has 4 rings (SSSR count). The average molecular weight is 398 g/mol. The molecule has 6 nitrogen and oxygen atoms in total. The SMILES string of the molecule is Cc1ccc(C(CNC(=O)/C=C/c2nc3ccccc3s2)N2CCOCC2)o1. The highest BCUT2D eigenvalue weighted by Gasteiger charge is 2.25. The Morgan fingerprint density at radius 2 is 2.11 bits per heavy atom. The summed E-state index contributed by atoms with van der Waals surface area (Å²) in [6.07, 6.45) is 3.31. The monoisotopic (exact) mass is 397 g/mol. The Kier molecular flexibility index (Phi) is 5.85. The van der Waals surface area contributed by atoms with Crippen molar-refractivity contribution in [2.24, 2.45) is 0 Å². The number of hydrogen-bond donors (Lipinski definition) is 1. The number of carbonyl (C=O) groups is 1. The lowest BCUT2D eigenvalue weighted by Crippen LogP contribution is -2.43. The first kappa shape index (κ1) is 18.9. The number of morpholine rings is 1. The maximum atomic E-state index is 12.4. The van der Waals surface area contributed by atoms with Crippen LogP contribution in [0, 0.1) is 6.92 Å². The molecule has 1 atom stereocenters. The number of aromatic nitrogens is 1. The summed E-state index contributed by atoms with van der Waals surface area (Å²) in [5.74, 6) is 1.60. The molecule has 1 aliphatic heterocycles. The molecule has 146 valence electrons. The highest BCUT2D eigenvalue weighted by atomic mass is 32.1. The third-order valence-electron chi connectivity index (χ3n) is 4.73. The number of rotatable bonds is 6. The normalized spacial score (nSPS) is 16.6. The minimum atomic E-state index is -0.138. The van der Waals surface area contributed by atoms with Crippen LogP contribution in [-0.4, -0.2) is 48.6 Å². The molecule has 0 saturated carbocycles. The van der Waals surface area contributed by atoms with Crippen molar-refractivity contribution in [3.05, 3.63) is 59.0 Å². The van der Waals surface area contributed by atoms with Crippen LogP contribution in [0.2, 0.25) is 0 Å². The Balaban J connectivity index is 1.40. The van der Waals surface area contributed by atoms with E-state index >= 15 is 0 Å². The Morgan fingerprint density at radius 3 is 2.86 bits per heavy atom. The van der Waals surface area contributed by atoms with Gasteiger partial charge in [0.25, 0.3) is 0 Å². The number of thiazole rings is 1. The van der Waals surface area contributed by atoms with Crippen LogP contribution in [0.5, 0.6) is 0 Å². The second-order valence-electron chi connectivity index (χ2n) is 6.71. The maximum absolute atomic E-state index is 12.4. The molecular formula is C21H23N3O3S. The van der Waals surface area contributed by atoms with Gasteiger partial charge in [0.2, 0.25) is 5.91 Å². The Morgan fingerprint density at radius 1 is 1.29 bits per heavy atom. The minimum Gasteiger partial charge on any atom is -0.465 e. The third-order valence-corrected chi connectivity index (χ3v) is 5.74. The molecule has 1 aromatic carbocycles. The standard InChI is InChI=1S/C21H23N3O3S/c1-15-6-7-18(27-15)17(24-10-12-26-13-11-24)14-22-20(25)8-9-21-23-16-4-2-3-5-19(16)28-21/h2-9,17H,10-14H2,1H3,(H,22,25)/b9-8+. The van der Waals surface area contributed by atoms with Gasteiger partial charge in [-0.25, -0.2) is 4.98 Å². The van der Waals surface area contributed by atoms with Gasteiger partial charge in [-0.15, -0.1) is 11.3 Å². The van der Waals surface area contributed by atoms with Gasteiger partial charge in [-0.05, 0) is 37.3 Å². The van der Waals surface area contributed by atoms with Gasteiger partial charge in [0, 0.05) is 25.7 Å². The van der Waals surface area contributed by atoms with Gasteiger partial charge >= 0.3 is 0 Å². The molecule has 1 saturated heterocycles. The molecule has 0 spiro atoms. The second-order valence-corrected chi connectivity index (χ2v) is 7.77. The van der Waals surface area contributed by atoms with Crippen molar-refractivity contribution < 1.29 is 13.9 Å². The van der Waals surface area contributed by atoms with Gasteiger partial charge in [-0.3, -0.25) is 9.69 Å². The molecule has 2 aromatic heterocycles. The Labute approximate surface area is 167 Å². The number of ether oxygens (including phenoxy) is 1. The number of aryl methyl sites for hydroxylation is 1. The zero-order chi connectivity index (χ0) is 19.3. The molecule has 0 bridgehead atoms. The minimum absolute atomic E-state index is 0.00241. The van der Waals surface area contributed by atoms with Crippen LogP contribution in [0.15, 0.2) is 46.9 Å². The van der Waals surface area contributed by atoms with Crippen molar-refractivity contribution >= 4 is 33.5 Å². The summed E-state index contributed by atoms with van der Waals surface area (Å²) < 4.78 is 12.4. The van der Waals surface area contributed by atoms with Crippen molar-refractivity contribution in [2.75, 3.05) is 32.8 Å². The number of furan rings is 1. The van der Waals surface area contributed by atoms with E-state index in [1.54, 1.807) is 23.5 Å². The molecular weight excluding hydrogens is 374 g/mol. The van der Waals surface area contributed by atoms with Crippen LogP contribution in [0.3, 0.4) is 0 Å². The predicted molar refractivity (Wildman–Crippen MR) is 110 cm³/mol. The quantitative estimate of drug-likeness (QED) is 0.646. The summed E-state index contributed by atoms with van der Waals surface area (Å²) in [7, 11) is 0. The summed E-state index contributed by atoms with van der Waals surface area (Å²) in [5.41, 5.74) is 0.952. The molecule has 3 heterocycles. The Bertz CT molecular complexity index is 939. The zero-order valence-electron chi connectivity index (χ0n) is 15.8. The molecule has 7 heteroatoms. The fraction of sp³-hybridized carbons (Fsp3) is 0.333. The van der Waals surface area contributed by atoms with Crippen LogP contribution in [-0.2, 0) is 9.53 Å². The van der Waals surface area contributed by atoms with Crippen LogP contribution in [0.4, 0.5) is 0 Å². The highest BCUT2D eigenvalue weighted by Crippen LogP contribution is 2.24. The first-order valence-electron chi connectivity index (χ1n) is 9.39. The maximum Gasteiger partial charge on any atom is 0.244 e. The first-order valence-corrected chi connectivity index (χ1v) is 10.2. The zero-order valence-corrected chi connectivity index (χ0v) is 16.6. The lowest BCUT2D eigenvalue weighted by Gasteiger charge is -2.33. The van der Waals surface area contributed by atoms with Crippen molar-refractivity contribution in [1.29, 1.82) is 0 Å². The van der Waals surface area contributed by atoms with Crippen LogP contribution >= 0.6 is 11.3 Å². The van der Waals surface area contributed by atoms with Gasteiger partial charge in [-0.1, -0.05) is 12.1 Å². The molecule has 28 heavy (non-hydrogen) atoms. The largest absolute Gasteiger partial charge is 0.465 e. The van der Waals surface area contributed by atoms with E-state index in [0.717, 1.165) is 39.8 Å². The molecule has 3 aromatic rings. The van der Waals surface area contributed by atoms with Crippen molar-refractivity contribution in [1.82, 2.24) is 15.2 Å². The summed E-state index contributed by atoms with van der Waals surface area (Å²) >= 11 is 1.57. The molecule has 1 unspecified atom stereocenters. The van der Waals surface area contributed by atoms with Crippen molar-refractivity contribution in [3.63, 3.8) is 0 Å². The van der Waals surface area contributed by atoms with E-state index in [4.69, 9.17) is 9.15 Å². The number of amides is 1. The summed E-state index contributed by atoms with van der Waals surface area (Å²) in [6.45, 7) is 5.45. The number of nitrogens with zero attached hydrogens (tertiary/aromatic N) is 2. The van der Waals surface area contributed by atoms with Crippen LogP contribution < -0.4 is 5.32 Å². The predicted octanol–water partition coefficient (Wildman–Crippen LogP) is 3.40. The Hall–Kier alpha value is -2.48. The summed E-state index contributed by atoms with van der Waals surface area (Å²) in [5, 5.41) is 3.82. The van der Waals surface area contributed by atoms with Gasteiger partial charge in [0.1, 0.15) is 16.5 Å².